The van der Waals surface area contributed by atoms with Crippen molar-refractivity contribution < 1.29 is 4.79 Å². The van der Waals surface area contributed by atoms with E-state index in [2.05, 4.69) is 15.8 Å². The Morgan fingerprint density at radius 1 is 1.47 bits per heavy atom. The van der Waals surface area contributed by atoms with Crippen LogP contribution in [0.4, 0.5) is 5.69 Å². The van der Waals surface area contributed by atoms with Gasteiger partial charge in [-0.1, -0.05) is 6.07 Å². The van der Waals surface area contributed by atoms with Crippen LogP contribution < -0.4 is 16.6 Å². The second-order valence-corrected chi connectivity index (χ2v) is 4.40. The van der Waals surface area contributed by atoms with Crippen LogP contribution in [-0.4, -0.2) is 15.7 Å². The number of hydrazine groups is 1. The number of aryl methyl sites for hydroxylation is 2. The SMILES string of the molecule is Cc1ccc(C(=O)NCc2cnn(C)c2)c(NN)c1. The Balaban J connectivity index is 2.07. The molecule has 0 radical (unpaired) electrons. The fourth-order valence-corrected chi connectivity index (χ4v) is 1.82. The van der Waals surface area contributed by atoms with E-state index in [0.29, 0.717) is 17.8 Å². The van der Waals surface area contributed by atoms with Crippen LogP contribution in [0.1, 0.15) is 21.5 Å². The smallest absolute Gasteiger partial charge is 0.253 e. The van der Waals surface area contributed by atoms with Gasteiger partial charge in [-0.3, -0.25) is 15.3 Å². The lowest BCUT2D eigenvalue weighted by atomic mass is 10.1. The van der Waals surface area contributed by atoms with Gasteiger partial charge in [0.2, 0.25) is 0 Å². The molecule has 6 nitrogen and oxygen atoms in total. The number of hydrogen-bond acceptors (Lipinski definition) is 4. The van der Waals surface area contributed by atoms with Gasteiger partial charge in [0.25, 0.3) is 5.91 Å². The molecule has 0 aliphatic heterocycles. The average molecular weight is 259 g/mol. The molecule has 2 aromatic rings. The minimum absolute atomic E-state index is 0.170. The number of nitrogens with one attached hydrogen (secondary N) is 2. The summed E-state index contributed by atoms with van der Waals surface area (Å²) in [7, 11) is 1.84. The van der Waals surface area contributed by atoms with Gasteiger partial charge in [-0.2, -0.15) is 5.10 Å². The second-order valence-electron chi connectivity index (χ2n) is 4.40. The van der Waals surface area contributed by atoms with E-state index in [-0.39, 0.29) is 5.91 Å². The molecule has 0 aliphatic carbocycles. The van der Waals surface area contributed by atoms with Crippen LogP contribution in [0, 0.1) is 6.92 Å². The van der Waals surface area contributed by atoms with Crippen molar-refractivity contribution in [1.29, 1.82) is 0 Å². The lowest BCUT2D eigenvalue weighted by molar-refractivity contribution is 0.0951. The highest BCUT2D eigenvalue weighted by Gasteiger charge is 2.10. The summed E-state index contributed by atoms with van der Waals surface area (Å²) >= 11 is 0. The molecule has 100 valence electrons. The number of aromatic nitrogens is 2. The first kappa shape index (κ1) is 13.1. The number of nitrogens with two attached hydrogens (primary N) is 1. The van der Waals surface area contributed by atoms with Crippen LogP contribution in [0.3, 0.4) is 0 Å². The largest absolute Gasteiger partial charge is 0.348 e. The van der Waals surface area contributed by atoms with E-state index in [0.717, 1.165) is 11.1 Å². The Kier molecular flexibility index (Phi) is 3.82. The Bertz CT molecular complexity index is 590. The van der Waals surface area contributed by atoms with Crippen molar-refractivity contribution in [3.05, 3.63) is 47.3 Å². The van der Waals surface area contributed by atoms with Gasteiger partial charge >= 0.3 is 0 Å². The second kappa shape index (κ2) is 5.53. The number of carbonyl (C=O) groups is 1. The Hall–Kier alpha value is -2.34. The van der Waals surface area contributed by atoms with E-state index < -0.39 is 0 Å². The molecule has 1 amide bonds. The Labute approximate surface area is 111 Å². The van der Waals surface area contributed by atoms with Crippen molar-refractivity contribution in [3.8, 4) is 0 Å². The van der Waals surface area contributed by atoms with E-state index in [1.807, 2.05) is 32.3 Å². The van der Waals surface area contributed by atoms with E-state index in [9.17, 15) is 4.79 Å². The summed E-state index contributed by atoms with van der Waals surface area (Å²) in [6.45, 7) is 2.38. The van der Waals surface area contributed by atoms with Gasteiger partial charge in [0.1, 0.15) is 0 Å². The summed E-state index contributed by atoms with van der Waals surface area (Å²) in [5, 5.41) is 6.88. The number of nitrogens with zero attached hydrogens (tertiary/aromatic N) is 2. The van der Waals surface area contributed by atoms with Crippen LogP contribution >= 0.6 is 0 Å². The van der Waals surface area contributed by atoms with Crippen molar-refractivity contribution in [2.24, 2.45) is 12.9 Å². The fraction of sp³-hybridized carbons (Fsp3) is 0.231. The molecule has 4 N–H and O–H groups in total. The first-order valence-corrected chi connectivity index (χ1v) is 5.93. The third kappa shape index (κ3) is 3.11. The summed E-state index contributed by atoms with van der Waals surface area (Å²) in [6, 6.07) is 5.46. The molecule has 0 saturated heterocycles. The zero-order valence-corrected chi connectivity index (χ0v) is 11.0. The van der Waals surface area contributed by atoms with Crippen molar-refractivity contribution in [3.63, 3.8) is 0 Å². The number of carbonyl (C=O) groups excluding carboxylic acids is 1. The molecule has 0 bridgehead atoms. The standard InChI is InChI=1S/C13H17N5O/c1-9-3-4-11(12(5-9)17-14)13(19)15-6-10-7-16-18(2)8-10/h3-5,7-8,17H,6,14H2,1-2H3,(H,15,19). The molecule has 0 saturated carbocycles. The summed E-state index contributed by atoms with van der Waals surface area (Å²) in [5.41, 5.74) is 5.67. The molecule has 1 aromatic heterocycles. The van der Waals surface area contributed by atoms with Crippen molar-refractivity contribution >= 4 is 11.6 Å². The summed E-state index contributed by atoms with van der Waals surface area (Å²) < 4.78 is 1.69. The first-order chi connectivity index (χ1) is 9.10. The fourth-order valence-electron chi connectivity index (χ4n) is 1.82. The maximum Gasteiger partial charge on any atom is 0.253 e. The highest BCUT2D eigenvalue weighted by molar-refractivity contribution is 5.99. The predicted molar refractivity (Wildman–Crippen MR) is 73.4 cm³/mol. The van der Waals surface area contributed by atoms with Crippen LogP contribution in [0.5, 0.6) is 0 Å². The molecule has 2 rings (SSSR count). The van der Waals surface area contributed by atoms with Gasteiger partial charge in [0.05, 0.1) is 17.4 Å². The van der Waals surface area contributed by atoms with Crippen LogP contribution in [0.15, 0.2) is 30.6 Å². The number of benzene rings is 1. The maximum absolute atomic E-state index is 12.1. The van der Waals surface area contributed by atoms with Gasteiger partial charge in [0.15, 0.2) is 0 Å². The van der Waals surface area contributed by atoms with Crippen LogP contribution in [0.2, 0.25) is 0 Å². The summed E-state index contributed by atoms with van der Waals surface area (Å²) in [4.78, 5) is 12.1. The van der Waals surface area contributed by atoms with Crippen molar-refractivity contribution in [2.75, 3.05) is 5.43 Å². The highest BCUT2D eigenvalue weighted by Crippen LogP contribution is 2.16. The van der Waals surface area contributed by atoms with Crippen molar-refractivity contribution in [2.45, 2.75) is 13.5 Å². The average Bonchev–Trinajstić information content (AvgIpc) is 2.81. The molecule has 19 heavy (non-hydrogen) atoms. The number of rotatable bonds is 4. The highest BCUT2D eigenvalue weighted by atomic mass is 16.1. The Morgan fingerprint density at radius 3 is 2.89 bits per heavy atom. The molecule has 6 heteroatoms. The van der Waals surface area contributed by atoms with Crippen LogP contribution in [-0.2, 0) is 13.6 Å². The third-order valence-electron chi connectivity index (χ3n) is 2.79. The zero-order valence-electron chi connectivity index (χ0n) is 11.0. The topological polar surface area (TPSA) is 85.0 Å². The minimum atomic E-state index is -0.170. The molecule has 0 fully saturated rings. The molecule has 1 heterocycles. The molecule has 0 spiro atoms. The molecule has 0 aliphatic rings. The quantitative estimate of drug-likeness (QED) is 0.563. The number of hydrogen-bond donors (Lipinski definition) is 3. The molecule has 1 aromatic carbocycles. The number of nitrogen functional groups attached to an aromatic ring is 1. The molecular weight excluding hydrogens is 242 g/mol. The molecule has 0 unspecified atom stereocenters. The number of anilines is 1. The van der Waals surface area contributed by atoms with Gasteiger partial charge in [0, 0.05) is 25.4 Å². The molecular formula is C13H17N5O. The van der Waals surface area contributed by atoms with E-state index in [1.165, 1.54) is 0 Å². The van der Waals surface area contributed by atoms with Crippen LogP contribution in [0.25, 0.3) is 0 Å². The van der Waals surface area contributed by atoms with E-state index >= 15 is 0 Å². The van der Waals surface area contributed by atoms with E-state index in [4.69, 9.17) is 5.84 Å². The van der Waals surface area contributed by atoms with Gasteiger partial charge in [-0.25, -0.2) is 0 Å². The first-order valence-electron chi connectivity index (χ1n) is 5.93. The predicted octanol–water partition coefficient (Wildman–Crippen LogP) is 0.944. The Morgan fingerprint density at radius 2 is 2.26 bits per heavy atom. The summed E-state index contributed by atoms with van der Waals surface area (Å²) in [5.74, 6) is 5.25. The van der Waals surface area contributed by atoms with Crippen molar-refractivity contribution in [1.82, 2.24) is 15.1 Å². The van der Waals surface area contributed by atoms with Gasteiger partial charge in [-0.15, -0.1) is 0 Å². The van der Waals surface area contributed by atoms with Gasteiger partial charge in [-0.05, 0) is 24.6 Å². The maximum atomic E-state index is 12.1. The lowest BCUT2D eigenvalue weighted by Gasteiger charge is -2.10. The minimum Gasteiger partial charge on any atom is -0.348 e. The lowest BCUT2D eigenvalue weighted by Crippen LogP contribution is -2.24. The third-order valence-corrected chi connectivity index (χ3v) is 2.79. The number of amides is 1. The van der Waals surface area contributed by atoms with E-state index in [1.54, 1.807) is 16.9 Å². The normalized spacial score (nSPS) is 10.3. The summed E-state index contributed by atoms with van der Waals surface area (Å²) in [6.07, 6.45) is 3.58. The monoisotopic (exact) mass is 259 g/mol. The van der Waals surface area contributed by atoms with Gasteiger partial charge < -0.3 is 10.7 Å². The molecule has 0 atom stereocenters. The zero-order chi connectivity index (χ0) is 13.8.